The number of rotatable bonds is 4. The predicted octanol–water partition coefficient (Wildman–Crippen LogP) is 4.62. The summed E-state index contributed by atoms with van der Waals surface area (Å²) in [4.78, 5) is 0. The summed E-state index contributed by atoms with van der Waals surface area (Å²) < 4.78 is 0. The van der Waals surface area contributed by atoms with Crippen molar-refractivity contribution in [1.82, 2.24) is 5.32 Å². The van der Waals surface area contributed by atoms with E-state index in [9.17, 15) is 0 Å². The fraction of sp³-hybridized carbons (Fsp3) is 1.00. The van der Waals surface area contributed by atoms with Crippen molar-refractivity contribution in [2.24, 2.45) is 23.7 Å². The van der Waals surface area contributed by atoms with E-state index in [2.05, 4.69) is 26.1 Å². The van der Waals surface area contributed by atoms with Gasteiger partial charge in [0, 0.05) is 6.04 Å². The molecule has 2 fully saturated rings. The van der Waals surface area contributed by atoms with Crippen LogP contribution >= 0.6 is 0 Å². The van der Waals surface area contributed by atoms with E-state index in [4.69, 9.17) is 0 Å². The van der Waals surface area contributed by atoms with Crippen LogP contribution in [0.3, 0.4) is 0 Å². The maximum absolute atomic E-state index is 3.69. The number of hydrogen-bond donors (Lipinski definition) is 1. The monoisotopic (exact) mass is 251 g/mol. The summed E-state index contributed by atoms with van der Waals surface area (Å²) in [5.74, 6) is 4.06. The van der Waals surface area contributed by atoms with Crippen LogP contribution in [0.15, 0.2) is 0 Å². The van der Waals surface area contributed by atoms with Gasteiger partial charge in [0.2, 0.25) is 0 Å². The summed E-state index contributed by atoms with van der Waals surface area (Å²) in [5.41, 5.74) is 0. The highest BCUT2D eigenvalue weighted by Gasteiger charge is 2.33. The van der Waals surface area contributed by atoms with Crippen molar-refractivity contribution in [1.29, 1.82) is 0 Å². The van der Waals surface area contributed by atoms with Gasteiger partial charge in [0.05, 0.1) is 0 Å². The molecule has 0 aromatic carbocycles. The topological polar surface area (TPSA) is 12.0 Å². The van der Waals surface area contributed by atoms with Crippen LogP contribution in [0.25, 0.3) is 0 Å². The lowest BCUT2D eigenvalue weighted by Crippen LogP contribution is -2.37. The smallest absolute Gasteiger partial charge is 0.00104 e. The van der Waals surface area contributed by atoms with E-state index in [0.29, 0.717) is 6.04 Å². The van der Waals surface area contributed by atoms with Crippen molar-refractivity contribution >= 4 is 0 Å². The van der Waals surface area contributed by atoms with Crippen LogP contribution in [0.5, 0.6) is 0 Å². The largest absolute Gasteiger partial charge is 0.314 e. The molecule has 2 aliphatic rings. The van der Waals surface area contributed by atoms with Gasteiger partial charge in [-0.2, -0.15) is 0 Å². The third-order valence-corrected chi connectivity index (χ3v) is 5.42. The fourth-order valence-electron chi connectivity index (χ4n) is 4.21. The van der Waals surface area contributed by atoms with Gasteiger partial charge in [0.1, 0.15) is 0 Å². The minimum Gasteiger partial charge on any atom is -0.314 e. The Bertz CT molecular complexity index is 228. The minimum atomic E-state index is 0.652. The van der Waals surface area contributed by atoms with Gasteiger partial charge in [-0.05, 0) is 55.9 Å². The second kappa shape index (κ2) is 6.93. The second-order valence-corrected chi connectivity index (χ2v) is 7.29. The first-order valence-electron chi connectivity index (χ1n) is 8.40. The Hall–Kier alpha value is -0.0400. The van der Waals surface area contributed by atoms with Gasteiger partial charge in [0.25, 0.3) is 0 Å². The Morgan fingerprint density at radius 2 is 1.61 bits per heavy atom. The van der Waals surface area contributed by atoms with Crippen LogP contribution in [-0.2, 0) is 0 Å². The molecule has 1 heteroatoms. The van der Waals surface area contributed by atoms with E-state index in [1.807, 2.05) is 0 Å². The molecule has 0 aromatic rings. The molecular weight excluding hydrogens is 218 g/mol. The molecule has 2 rings (SSSR count). The third kappa shape index (κ3) is 3.98. The molecule has 106 valence electrons. The quantitative estimate of drug-likeness (QED) is 0.769. The van der Waals surface area contributed by atoms with Crippen LogP contribution in [0.2, 0.25) is 0 Å². The highest BCUT2D eigenvalue weighted by Crippen LogP contribution is 2.42. The molecule has 18 heavy (non-hydrogen) atoms. The molecule has 0 bridgehead atoms. The van der Waals surface area contributed by atoms with Gasteiger partial charge in [0.15, 0.2) is 0 Å². The number of hydrogen-bond acceptors (Lipinski definition) is 1. The Balaban J connectivity index is 1.86. The molecule has 1 N–H and O–H groups in total. The first-order chi connectivity index (χ1) is 8.66. The maximum Gasteiger partial charge on any atom is 0.00104 e. The molecule has 2 unspecified atom stereocenters. The highest BCUT2D eigenvalue weighted by atomic mass is 14.9. The molecule has 2 atom stereocenters. The summed E-state index contributed by atoms with van der Waals surface area (Å²) in [6.07, 6.45) is 12.0. The predicted molar refractivity (Wildman–Crippen MR) is 79.7 cm³/mol. The first kappa shape index (κ1) is 14.4. The standard InChI is InChI=1S/C17H33N/c1-13(2)18-12-16-6-4-5-7-17(16)15-10-8-14(3)9-11-15/h13-18H,4-12H2,1-3H3. The molecule has 0 aromatic heterocycles. The zero-order valence-corrected chi connectivity index (χ0v) is 12.8. The first-order valence-corrected chi connectivity index (χ1v) is 8.40. The van der Waals surface area contributed by atoms with Gasteiger partial charge < -0.3 is 5.32 Å². The lowest BCUT2D eigenvalue weighted by Gasteiger charge is -2.40. The van der Waals surface area contributed by atoms with Crippen molar-refractivity contribution in [3.63, 3.8) is 0 Å². The lowest BCUT2D eigenvalue weighted by molar-refractivity contribution is 0.113. The number of nitrogens with one attached hydrogen (secondary N) is 1. The Kier molecular flexibility index (Phi) is 5.54. The van der Waals surface area contributed by atoms with Gasteiger partial charge >= 0.3 is 0 Å². The average molecular weight is 251 g/mol. The van der Waals surface area contributed by atoms with Crippen LogP contribution in [0.4, 0.5) is 0 Å². The van der Waals surface area contributed by atoms with E-state index in [-0.39, 0.29) is 0 Å². The Morgan fingerprint density at radius 3 is 2.28 bits per heavy atom. The Morgan fingerprint density at radius 1 is 0.944 bits per heavy atom. The minimum absolute atomic E-state index is 0.652. The zero-order valence-electron chi connectivity index (χ0n) is 12.8. The molecule has 2 aliphatic carbocycles. The Labute approximate surface area is 114 Å². The van der Waals surface area contributed by atoms with E-state index < -0.39 is 0 Å². The van der Waals surface area contributed by atoms with Crippen LogP contribution in [0.1, 0.15) is 72.1 Å². The molecule has 0 radical (unpaired) electrons. The molecule has 0 aliphatic heterocycles. The van der Waals surface area contributed by atoms with Gasteiger partial charge in [-0.15, -0.1) is 0 Å². The summed E-state index contributed by atoms with van der Waals surface area (Å²) in [6.45, 7) is 8.27. The maximum atomic E-state index is 3.69. The van der Waals surface area contributed by atoms with Crippen molar-refractivity contribution in [2.75, 3.05) is 6.54 Å². The average Bonchev–Trinajstić information content (AvgIpc) is 2.38. The molecular formula is C17H33N. The van der Waals surface area contributed by atoms with E-state index in [1.165, 1.54) is 57.9 Å². The summed E-state index contributed by atoms with van der Waals surface area (Å²) >= 11 is 0. The van der Waals surface area contributed by atoms with Crippen LogP contribution < -0.4 is 5.32 Å². The third-order valence-electron chi connectivity index (χ3n) is 5.42. The van der Waals surface area contributed by atoms with Crippen molar-refractivity contribution in [2.45, 2.75) is 78.2 Å². The van der Waals surface area contributed by atoms with E-state index >= 15 is 0 Å². The summed E-state index contributed by atoms with van der Waals surface area (Å²) in [7, 11) is 0. The van der Waals surface area contributed by atoms with Crippen molar-refractivity contribution in [3.05, 3.63) is 0 Å². The molecule has 2 saturated carbocycles. The molecule has 0 saturated heterocycles. The zero-order chi connectivity index (χ0) is 13.0. The fourth-order valence-corrected chi connectivity index (χ4v) is 4.21. The highest BCUT2D eigenvalue weighted by molar-refractivity contribution is 4.85. The summed E-state index contributed by atoms with van der Waals surface area (Å²) in [6, 6.07) is 0.652. The van der Waals surface area contributed by atoms with Crippen molar-refractivity contribution < 1.29 is 0 Å². The second-order valence-electron chi connectivity index (χ2n) is 7.29. The van der Waals surface area contributed by atoms with E-state index in [0.717, 1.165) is 23.7 Å². The lowest BCUT2D eigenvalue weighted by atomic mass is 9.66. The molecule has 0 spiro atoms. The van der Waals surface area contributed by atoms with Gasteiger partial charge in [-0.25, -0.2) is 0 Å². The van der Waals surface area contributed by atoms with Gasteiger partial charge in [-0.3, -0.25) is 0 Å². The normalized spacial score (nSPS) is 38.0. The van der Waals surface area contributed by atoms with Crippen LogP contribution in [-0.4, -0.2) is 12.6 Å². The van der Waals surface area contributed by atoms with E-state index in [1.54, 1.807) is 0 Å². The van der Waals surface area contributed by atoms with Crippen molar-refractivity contribution in [3.8, 4) is 0 Å². The molecule has 0 amide bonds. The van der Waals surface area contributed by atoms with Gasteiger partial charge in [-0.1, -0.05) is 46.5 Å². The molecule has 0 heterocycles. The molecule has 1 nitrogen and oxygen atoms in total. The summed E-state index contributed by atoms with van der Waals surface area (Å²) in [5, 5.41) is 3.69. The SMILES string of the molecule is CC1CCC(C2CCCCC2CNC(C)C)CC1. The van der Waals surface area contributed by atoms with Crippen LogP contribution in [0, 0.1) is 23.7 Å².